The maximum absolute atomic E-state index is 2.60. The molecule has 0 radical (unpaired) electrons. The van der Waals surface area contributed by atoms with Crippen LogP contribution in [0, 0.1) is 0 Å². The zero-order valence-electron chi connectivity index (χ0n) is 12.1. The van der Waals surface area contributed by atoms with Crippen molar-refractivity contribution in [1.29, 1.82) is 0 Å². The summed E-state index contributed by atoms with van der Waals surface area (Å²) in [7, 11) is 0. The molecule has 1 aliphatic carbocycles. The molecule has 1 aromatic carbocycles. The lowest BCUT2D eigenvalue weighted by Crippen LogP contribution is -2.27. The van der Waals surface area contributed by atoms with E-state index in [0.717, 1.165) is 0 Å². The molecule has 1 unspecified atom stereocenters. The van der Waals surface area contributed by atoms with Gasteiger partial charge in [-0.2, -0.15) is 0 Å². The third kappa shape index (κ3) is 4.73. The van der Waals surface area contributed by atoms with Gasteiger partial charge in [0.1, 0.15) is 0 Å². The van der Waals surface area contributed by atoms with Crippen molar-refractivity contribution < 1.29 is 0 Å². The summed E-state index contributed by atoms with van der Waals surface area (Å²) in [6, 6.07) is 9.27. The highest BCUT2D eigenvalue weighted by Crippen LogP contribution is 2.43. The topological polar surface area (TPSA) is 0 Å². The van der Waals surface area contributed by atoms with Crippen LogP contribution in [0.2, 0.25) is 0 Å². The smallest absolute Gasteiger partial charge is 0.0235 e. The highest BCUT2D eigenvalue weighted by Gasteiger charge is 2.32. The van der Waals surface area contributed by atoms with Crippen LogP contribution in [-0.2, 0) is 0 Å². The number of halogens is 2. The van der Waals surface area contributed by atoms with Crippen molar-refractivity contribution in [3.8, 4) is 0 Å². The Bertz CT molecular complexity index is 452. The van der Waals surface area contributed by atoms with Crippen molar-refractivity contribution in [2.45, 2.75) is 52.8 Å². The van der Waals surface area contributed by atoms with E-state index in [9.17, 15) is 0 Å². The summed E-state index contributed by atoms with van der Waals surface area (Å²) in [5.41, 5.74) is 2.91. The van der Waals surface area contributed by atoms with Crippen LogP contribution in [0.3, 0.4) is 0 Å². The Morgan fingerprint density at radius 3 is 1.89 bits per heavy atom. The molecule has 0 nitrogen and oxygen atoms in total. The largest absolute Gasteiger partial charge is 0.0795 e. The summed E-state index contributed by atoms with van der Waals surface area (Å²) in [4.78, 5) is 0. The van der Waals surface area contributed by atoms with Gasteiger partial charge < -0.3 is 0 Å². The number of allylic oxidation sites excluding steroid dienone is 2. The molecule has 0 amide bonds. The summed E-state index contributed by atoms with van der Waals surface area (Å²) in [5, 5.41) is 0. The molecule has 0 bridgehead atoms. The Labute approximate surface area is 144 Å². The first-order valence-corrected chi connectivity index (χ1v) is 8.98. The van der Waals surface area contributed by atoms with Crippen molar-refractivity contribution in [1.82, 2.24) is 0 Å². The molecule has 0 N–H and O–H groups in total. The molecule has 1 aromatic rings. The van der Waals surface area contributed by atoms with E-state index in [1.54, 1.807) is 0 Å². The van der Waals surface area contributed by atoms with Gasteiger partial charge in [0.25, 0.3) is 0 Å². The van der Waals surface area contributed by atoms with Crippen LogP contribution < -0.4 is 0 Å². The van der Waals surface area contributed by atoms with Crippen LogP contribution in [0.5, 0.6) is 0 Å². The highest BCUT2D eigenvalue weighted by molar-refractivity contribution is 14.1. The normalized spacial score (nSPS) is 17.6. The lowest BCUT2D eigenvalue weighted by molar-refractivity contribution is 0.486. The number of alkyl halides is 2. The number of hydrogen-bond acceptors (Lipinski definition) is 0. The molecule has 0 aliphatic heterocycles. The van der Waals surface area contributed by atoms with Gasteiger partial charge in [-0.05, 0) is 23.5 Å². The van der Waals surface area contributed by atoms with Crippen LogP contribution >= 0.6 is 45.2 Å². The fraction of sp³-hybridized carbons (Fsp3) is 0.529. The average Bonchev–Trinajstić information content (AvgIpc) is 3.07. The second kappa shape index (κ2) is 5.66. The van der Waals surface area contributed by atoms with E-state index in [-0.39, 0.29) is 3.42 Å². The standard InChI is InChI=1S/C17H22I2/c1-16(2,18)11-15(17(3,4)19)14-9-7-13(8-10-14)12-5-6-12/h5-10,12,15H,11H2,1-4H3. The molecule has 2 rings (SSSR count). The summed E-state index contributed by atoms with van der Waals surface area (Å²) >= 11 is 5.17. The Balaban J connectivity index is 2.22. The fourth-order valence-corrected chi connectivity index (χ4v) is 3.49. The summed E-state index contributed by atoms with van der Waals surface area (Å²) < 4.78 is 0.612. The third-order valence-corrected chi connectivity index (χ3v) is 4.82. The molecular weight excluding hydrogens is 458 g/mol. The van der Waals surface area contributed by atoms with E-state index < -0.39 is 0 Å². The minimum Gasteiger partial charge on any atom is -0.0795 e. The molecular formula is C17H22I2. The highest BCUT2D eigenvalue weighted by atomic mass is 127. The van der Waals surface area contributed by atoms with Gasteiger partial charge in [0, 0.05) is 12.8 Å². The Morgan fingerprint density at radius 2 is 1.53 bits per heavy atom. The Hall–Kier alpha value is 0.420. The zero-order valence-corrected chi connectivity index (χ0v) is 16.4. The monoisotopic (exact) mass is 480 g/mol. The van der Waals surface area contributed by atoms with Crippen LogP contribution in [-0.4, -0.2) is 6.84 Å². The van der Waals surface area contributed by atoms with E-state index >= 15 is 0 Å². The van der Waals surface area contributed by atoms with Crippen LogP contribution in [0.25, 0.3) is 0 Å². The minimum atomic E-state index is 0.277. The molecule has 1 atom stereocenters. The fourth-order valence-electron chi connectivity index (χ4n) is 2.47. The second-order valence-corrected chi connectivity index (χ2v) is 12.3. The van der Waals surface area contributed by atoms with Crippen molar-refractivity contribution >= 4 is 45.2 Å². The Kier molecular flexibility index (Phi) is 4.71. The molecule has 104 valence electrons. The molecule has 0 saturated heterocycles. The average molecular weight is 480 g/mol. The quantitative estimate of drug-likeness (QED) is 0.266. The van der Waals surface area contributed by atoms with Crippen molar-refractivity contribution in [3.05, 3.63) is 47.5 Å². The number of benzene rings is 1. The zero-order chi connectivity index (χ0) is 14.3. The lowest BCUT2D eigenvalue weighted by Gasteiger charge is -2.34. The van der Waals surface area contributed by atoms with E-state index in [0.29, 0.717) is 15.3 Å². The van der Waals surface area contributed by atoms with Gasteiger partial charge in [-0.3, -0.25) is 0 Å². The van der Waals surface area contributed by atoms with E-state index in [1.165, 1.54) is 17.5 Å². The summed E-state index contributed by atoms with van der Waals surface area (Å²) in [6.07, 6.45) is 5.72. The van der Waals surface area contributed by atoms with Gasteiger partial charge in [-0.25, -0.2) is 0 Å². The number of hydrogen-bond donors (Lipinski definition) is 0. The van der Waals surface area contributed by atoms with Gasteiger partial charge in [0.2, 0.25) is 0 Å². The molecule has 0 fully saturated rings. The van der Waals surface area contributed by atoms with E-state index in [1.807, 2.05) is 0 Å². The van der Waals surface area contributed by atoms with Crippen molar-refractivity contribution in [3.63, 3.8) is 0 Å². The second-order valence-electron chi connectivity index (χ2n) is 6.62. The molecule has 0 aromatic heterocycles. The minimum absolute atomic E-state index is 0.277. The van der Waals surface area contributed by atoms with Crippen molar-refractivity contribution in [2.24, 2.45) is 0 Å². The third-order valence-electron chi connectivity index (χ3n) is 3.63. The van der Waals surface area contributed by atoms with Crippen LogP contribution in [0.4, 0.5) is 0 Å². The first-order valence-electron chi connectivity index (χ1n) is 6.83. The predicted molar refractivity (Wildman–Crippen MR) is 102 cm³/mol. The molecule has 19 heavy (non-hydrogen) atoms. The van der Waals surface area contributed by atoms with Gasteiger partial charge in [-0.1, -0.05) is 109 Å². The first-order chi connectivity index (χ1) is 8.67. The van der Waals surface area contributed by atoms with Gasteiger partial charge in [-0.15, -0.1) is 0 Å². The molecule has 0 saturated carbocycles. The predicted octanol–water partition coefficient (Wildman–Crippen LogP) is 6.24. The van der Waals surface area contributed by atoms with Crippen LogP contribution in [0.1, 0.15) is 57.1 Å². The number of rotatable bonds is 5. The van der Waals surface area contributed by atoms with Crippen molar-refractivity contribution in [2.75, 3.05) is 0 Å². The van der Waals surface area contributed by atoms with E-state index in [2.05, 4.69) is 109 Å². The maximum atomic E-state index is 2.60. The summed E-state index contributed by atoms with van der Waals surface area (Å²) in [5.74, 6) is 1.21. The lowest BCUT2D eigenvalue weighted by atomic mass is 9.81. The van der Waals surface area contributed by atoms with Crippen LogP contribution in [0.15, 0.2) is 36.4 Å². The maximum Gasteiger partial charge on any atom is 0.0235 e. The molecule has 2 heteroatoms. The molecule has 0 spiro atoms. The van der Waals surface area contributed by atoms with Gasteiger partial charge in [0.05, 0.1) is 0 Å². The SMILES string of the molecule is CC(C)(I)CC(c1ccc(C2C=C2)cc1)C(C)(C)I. The summed E-state index contributed by atoms with van der Waals surface area (Å²) in [6.45, 7) is 9.34. The molecule has 0 heterocycles. The van der Waals surface area contributed by atoms with E-state index in [4.69, 9.17) is 0 Å². The van der Waals surface area contributed by atoms with Gasteiger partial charge in [0.15, 0.2) is 0 Å². The first kappa shape index (κ1) is 15.8. The van der Waals surface area contributed by atoms with Gasteiger partial charge >= 0.3 is 0 Å². The Morgan fingerprint density at radius 1 is 1.00 bits per heavy atom. The molecule has 1 aliphatic rings.